The molecule has 2 unspecified atom stereocenters. The van der Waals surface area contributed by atoms with Crippen LogP contribution in [0.15, 0.2) is 42.5 Å². The molecule has 2 rings (SSSR count). The maximum absolute atomic E-state index is 13.3. The van der Waals surface area contributed by atoms with Gasteiger partial charge in [-0.1, -0.05) is 18.2 Å². The first-order valence-electron chi connectivity index (χ1n) is 7.19. The number of nitrogens with one attached hydrogen (secondary N) is 1. The first-order valence-corrected chi connectivity index (χ1v) is 7.19. The first-order chi connectivity index (χ1) is 11.4. The normalized spacial score (nSPS) is 13.2. The highest BCUT2D eigenvalue weighted by Gasteiger charge is 2.22. The second-order valence-electron chi connectivity index (χ2n) is 5.12. The molecule has 0 bridgehead atoms. The van der Waals surface area contributed by atoms with E-state index in [1.807, 2.05) is 0 Å². The molecular weight excluding hydrogens is 323 g/mol. The zero-order chi connectivity index (χ0) is 17.7. The molecule has 0 spiro atoms. The molecule has 2 aromatic carbocycles. The maximum Gasteiger partial charge on any atom is 0.261 e. The van der Waals surface area contributed by atoms with Crippen LogP contribution in [-0.4, -0.2) is 23.7 Å². The Kier molecular flexibility index (Phi) is 5.81. The molecule has 0 aliphatic rings. The standard InChI is InChI=1S/C17H16F3NO3/c1-10(24-12-5-3-2-4-6-12)17(23)21-15(9-22)11-7-13(18)16(20)14(19)8-11/h2-8,10,15,22H,9H2,1H3,(H,21,23). The summed E-state index contributed by atoms with van der Waals surface area (Å²) in [4.78, 5) is 12.1. The van der Waals surface area contributed by atoms with E-state index in [1.165, 1.54) is 6.92 Å². The van der Waals surface area contributed by atoms with Gasteiger partial charge in [0.15, 0.2) is 23.6 Å². The average Bonchev–Trinajstić information content (AvgIpc) is 2.57. The molecule has 0 aliphatic heterocycles. The predicted octanol–water partition coefficient (Wildman–Crippen LogP) is 2.72. The molecule has 0 aromatic heterocycles. The van der Waals surface area contributed by atoms with E-state index >= 15 is 0 Å². The number of aliphatic hydroxyl groups is 1. The topological polar surface area (TPSA) is 58.6 Å². The SMILES string of the molecule is CC(Oc1ccccc1)C(=O)NC(CO)c1cc(F)c(F)c(F)c1. The summed E-state index contributed by atoms with van der Waals surface area (Å²) >= 11 is 0. The van der Waals surface area contributed by atoms with Gasteiger partial charge in [-0.3, -0.25) is 4.79 Å². The molecule has 24 heavy (non-hydrogen) atoms. The Labute approximate surface area is 136 Å². The highest BCUT2D eigenvalue weighted by Crippen LogP contribution is 2.20. The molecule has 128 valence electrons. The third kappa shape index (κ3) is 4.26. The van der Waals surface area contributed by atoms with Gasteiger partial charge in [-0.2, -0.15) is 0 Å². The minimum Gasteiger partial charge on any atom is -0.481 e. The average molecular weight is 339 g/mol. The summed E-state index contributed by atoms with van der Waals surface area (Å²) in [5.74, 6) is -4.53. The van der Waals surface area contributed by atoms with Crippen LogP contribution in [-0.2, 0) is 4.79 Å². The second kappa shape index (κ2) is 7.83. The van der Waals surface area contributed by atoms with Gasteiger partial charge >= 0.3 is 0 Å². The van der Waals surface area contributed by atoms with Crippen molar-refractivity contribution in [2.45, 2.75) is 19.1 Å². The Bertz CT molecular complexity index is 686. The summed E-state index contributed by atoms with van der Waals surface area (Å²) in [5.41, 5.74) is -0.0887. The van der Waals surface area contributed by atoms with Crippen LogP contribution in [0, 0.1) is 17.5 Å². The van der Waals surface area contributed by atoms with Crippen molar-refractivity contribution in [3.8, 4) is 5.75 Å². The fourth-order valence-corrected chi connectivity index (χ4v) is 2.06. The number of rotatable bonds is 6. The lowest BCUT2D eigenvalue weighted by Gasteiger charge is -2.20. The van der Waals surface area contributed by atoms with Crippen molar-refractivity contribution in [2.75, 3.05) is 6.61 Å². The number of carbonyl (C=O) groups excluding carboxylic acids is 1. The number of amides is 1. The van der Waals surface area contributed by atoms with Crippen LogP contribution in [0.4, 0.5) is 13.2 Å². The highest BCUT2D eigenvalue weighted by molar-refractivity contribution is 5.81. The zero-order valence-electron chi connectivity index (χ0n) is 12.8. The second-order valence-corrected chi connectivity index (χ2v) is 5.12. The maximum atomic E-state index is 13.3. The first kappa shape index (κ1) is 17.8. The number of aliphatic hydroxyl groups excluding tert-OH is 1. The van der Waals surface area contributed by atoms with Gasteiger partial charge in [0.25, 0.3) is 5.91 Å². The molecule has 7 heteroatoms. The van der Waals surface area contributed by atoms with Crippen molar-refractivity contribution in [2.24, 2.45) is 0 Å². The molecule has 2 aromatic rings. The molecule has 1 amide bonds. The summed E-state index contributed by atoms with van der Waals surface area (Å²) in [6.45, 7) is 0.872. The van der Waals surface area contributed by atoms with Crippen LogP contribution in [0.3, 0.4) is 0 Å². The Balaban J connectivity index is 2.08. The largest absolute Gasteiger partial charge is 0.481 e. The van der Waals surface area contributed by atoms with Gasteiger partial charge in [-0.15, -0.1) is 0 Å². The number of hydrogen-bond donors (Lipinski definition) is 2. The van der Waals surface area contributed by atoms with Crippen molar-refractivity contribution in [3.05, 3.63) is 65.5 Å². The van der Waals surface area contributed by atoms with E-state index in [4.69, 9.17) is 4.74 Å². The number of halogens is 3. The number of hydrogen-bond acceptors (Lipinski definition) is 3. The lowest BCUT2D eigenvalue weighted by atomic mass is 10.1. The van der Waals surface area contributed by atoms with Gasteiger partial charge in [0.05, 0.1) is 12.6 Å². The van der Waals surface area contributed by atoms with Crippen LogP contribution in [0.5, 0.6) is 5.75 Å². The molecular formula is C17H16F3NO3. The third-order valence-electron chi connectivity index (χ3n) is 3.33. The van der Waals surface area contributed by atoms with Crippen LogP contribution in [0.2, 0.25) is 0 Å². The van der Waals surface area contributed by atoms with Crippen molar-refractivity contribution >= 4 is 5.91 Å². The molecule has 4 nitrogen and oxygen atoms in total. The zero-order valence-corrected chi connectivity index (χ0v) is 12.8. The Hall–Kier alpha value is -2.54. The van der Waals surface area contributed by atoms with Crippen molar-refractivity contribution < 1.29 is 27.8 Å². The number of carbonyl (C=O) groups is 1. The van der Waals surface area contributed by atoms with Crippen molar-refractivity contribution in [1.29, 1.82) is 0 Å². The molecule has 0 aliphatic carbocycles. The fraction of sp³-hybridized carbons (Fsp3) is 0.235. The van der Waals surface area contributed by atoms with Crippen molar-refractivity contribution in [3.63, 3.8) is 0 Å². The lowest BCUT2D eigenvalue weighted by Crippen LogP contribution is -2.39. The fourth-order valence-electron chi connectivity index (χ4n) is 2.06. The van der Waals surface area contributed by atoms with Gasteiger partial charge in [-0.25, -0.2) is 13.2 Å². The molecule has 0 radical (unpaired) electrons. The highest BCUT2D eigenvalue weighted by atomic mass is 19.2. The smallest absolute Gasteiger partial charge is 0.261 e. The minimum atomic E-state index is -1.61. The summed E-state index contributed by atoms with van der Waals surface area (Å²) in [6, 6.07) is 8.95. The van der Waals surface area contributed by atoms with Gasteiger partial charge in [0.1, 0.15) is 5.75 Å². The van der Waals surface area contributed by atoms with Gasteiger partial charge < -0.3 is 15.2 Å². The van der Waals surface area contributed by atoms with Gasteiger partial charge in [0, 0.05) is 0 Å². The number of benzene rings is 2. The van der Waals surface area contributed by atoms with Crippen LogP contribution in [0.25, 0.3) is 0 Å². The molecule has 2 N–H and O–H groups in total. The number of ether oxygens (including phenoxy) is 1. The summed E-state index contributed by atoms with van der Waals surface area (Å²) < 4.78 is 45.0. The quantitative estimate of drug-likeness (QED) is 0.796. The van der Waals surface area contributed by atoms with E-state index in [-0.39, 0.29) is 5.56 Å². The molecule has 0 heterocycles. The van der Waals surface area contributed by atoms with E-state index in [0.29, 0.717) is 5.75 Å². The predicted molar refractivity (Wildman–Crippen MR) is 80.8 cm³/mol. The Morgan fingerprint density at radius 1 is 1.17 bits per heavy atom. The summed E-state index contributed by atoms with van der Waals surface area (Å²) in [5, 5.41) is 11.8. The van der Waals surface area contributed by atoms with Crippen LogP contribution >= 0.6 is 0 Å². The van der Waals surface area contributed by atoms with Gasteiger partial charge in [-0.05, 0) is 36.8 Å². The Morgan fingerprint density at radius 3 is 2.29 bits per heavy atom. The number of para-hydroxylation sites is 1. The van der Waals surface area contributed by atoms with Crippen LogP contribution in [0.1, 0.15) is 18.5 Å². The van der Waals surface area contributed by atoms with E-state index in [1.54, 1.807) is 30.3 Å². The minimum absolute atomic E-state index is 0.0887. The lowest BCUT2D eigenvalue weighted by molar-refractivity contribution is -0.128. The molecule has 0 fully saturated rings. The van der Waals surface area contributed by atoms with Crippen LogP contribution < -0.4 is 10.1 Å². The molecule has 0 saturated heterocycles. The van der Waals surface area contributed by atoms with E-state index in [2.05, 4.69) is 5.32 Å². The monoisotopic (exact) mass is 339 g/mol. The van der Waals surface area contributed by atoms with E-state index < -0.39 is 42.1 Å². The molecule has 2 atom stereocenters. The summed E-state index contributed by atoms with van der Waals surface area (Å²) in [6.07, 6.45) is -0.906. The van der Waals surface area contributed by atoms with Crippen molar-refractivity contribution in [1.82, 2.24) is 5.32 Å². The van der Waals surface area contributed by atoms with E-state index in [9.17, 15) is 23.1 Å². The van der Waals surface area contributed by atoms with Gasteiger partial charge in [0.2, 0.25) is 0 Å². The third-order valence-corrected chi connectivity index (χ3v) is 3.33. The Morgan fingerprint density at radius 2 is 1.75 bits per heavy atom. The van der Waals surface area contributed by atoms with E-state index in [0.717, 1.165) is 12.1 Å². The summed E-state index contributed by atoms with van der Waals surface area (Å²) in [7, 11) is 0. The molecule has 0 saturated carbocycles.